The number of hydrogen-bond acceptors (Lipinski definition) is 2. The molecule has 37 heavy (non-hydrogen) atoms. The maximum Gasteiger partial charge on any atom is 0.200 e. The van der Waals surface area contributed by atoms with Crippen molar-refractivity contribution in [2.75, 3.05) is 13.2 Å². The SMILES string of the molecule is CCCCCC1CCC(c2ccc(OCC3CCC(c4ccc(OCC)cc4F)CC3)c(F)c2F)CC1. The zero-order chi connectivity index (χ0) is 26.2. The number of benzene rings is 2. The molecule has 0 atom stereocenters. The Kier molecular flexibility index (Phi) is 10.2. The summed E-state index contributed by atoms with van der Waals surface area (Å²) >= 11 is 0. The van der Waals surface area contributed by atoms with Crippen molar-refractivity contribution < 1.29 is 22.6 Å². The highest BCUT2D eigenvalue weighted by atomic mass is 19.2. The quantitative estimate of drug-likeness (QED) is 0.277. The van der Waals surface area contributed by atoms with E-state index in [4.69, 9.17) is 9.47 Å². The summed E-state index contributed by atoms with van der Waals surface area (Å²) in [6.07, 6.45) is 12.6. The molecule has 0 saturated heterocycles. The lowest BCUT2D eigenvalue weighted by Gasteiger charge is -2.30. The van der Waals surface area contributed by atoms with Crippen molar-refractivity contribution in [3.05, 3.63) is 58.9 Å². The molecular weight excluding hydrogens is 473 g/mol. The second-order valence-electron chi connectivity index (χ2n) is 11.1. The van der Waals surface area contributed by atoms with Crippen LogP contribution in [0, 0.1) is 29.3 Å². The summed E-state index contributed by atoms with van der Waals surface area (Å²) in [6, 6.07) is 8.48. The second-order valence-corrected chi connectivity index (χ2v) is 11.1. The zero-order valence-electron chi connectivity index (χ0n) is 22.5. The number of unbranched alkanes of at least 4 members (excludes halogenated alkanes) is 2. The van der Waals surface area contributed by atoms with Gasteiger partial charge < -0.3 is 9.47 Å². The van der Waals surface area contributed by atoms with E-state index in [2.05, 4.69) is 6.92 Å². The molecule has 2 fully saturated rings. The summed E-state index contributed by atoms with van der Waals surface area (Å²) in [5.41, 5.74) is 1.25. The van der Waals surface area contributed by atoms with Gasteiger partial charge in [0.25, 0.3) is 0 Å². The average Bonchev–Trinajstić information content (AvgIpc) is 2.91. The van der Waals surface area contributed by atoms with Crippen LogP contribution in [0.25, 0.3) is 0 Å². The molecule has 2 nitrogen and oxygen atoms in total. The van der Waals surface area contributed by atoms with Crippen LogP contribution in [0.3, 0.4) is 0 Å². The van der Waals surface area contributed by atoms with E-state index in [0.717, 1.165) is 62.8 Å². The summed E-state index contributed by atoms with van der Waals surface area (Å²) in [6.45, 7) is 4.97. The Balaban J connectivity index is 1.26. The largest absolute Gasteiger partial charge is 0.494 e. The van der Waals surface area contributed by atoms with Crippen LogP contribution >= 0.6 is 0 Å². The molecule has 0 spiro atoms. The molecule has 0 bridgehead atoms. The Labute approximate surface area is 220 Å². The summed E-state index contributed by atoms with van der Waals surface area (Å²) in [5, 5.41) is 0. The van der Waals surface area contributed by atoms with Crippen LogP contribution in [-0.4, -0.2) is 13.2 Å². The molecule has 0 radical (unpaired) electrons. The highest BCUT2D eigenvalue weighted by Gasteiger charge is 2.28. The van der Waals surface area contributed by atoms with E-state index in [0.29, 0.717) is 24.5 Å². The lowest BCUT2D eigenvalue weighted by molar-refractivity contribution is 0.191. The molecule has 5 heteroatoms. The minimum atomic E-state index is -0.854. The maximum atomic E-state index is 15.0. The minimum Gasteiger partial charge on any atom is -0.494 e. The van der Waals surface area contributed by atoms with Crippen LogP contribution < -0.4 is 9.47 Å². The molecule has 2 aliphatic rings. The van der Waals surface area contributed by atoms with Gasteiger partial charge in [0.05, 0.1) is 13.2 Å². The monoisotopic (exact) mass is 516 g/mol. The fourth-order valence-electron chi connectivity index (χ4n) is 6.36. The third-order valence-corrected chi connectivity index (χ3v) is 8.62. The topological polar surface area (TPSA) is 18.5 Å². The molecule has 204 valence electrons. The number of rotatable bonds is 11. The number of hydrogen-bond donors (Lipinski definition) is 0. The predicted octanol–water partition coefficient (Wildman–Crippen LogP) is 9.71. The summed E-state index contributed by atoms with van der Waals surface area (Å²) in [4.78, 5) is 0. The van der Waals surface area contributed by atoms with Crippen molar-refractivity contribution in [3.8, 4) is 11.5 Å². The Morgan fingerprint density at radius 1 is 0.703 bits per heavy atom. The van der Waals surface area contributed by atoms with E-state index >= 15 is 4.39 Å². The smallest absolute Gasteiger partial charge is 0.200 e. The Hall–Kier alpha value is -2.17. The van der Waals surface area contributed by atoms with Crippen LogP contribution in [0.5, 0.6) is 11.5 Å². The number of ether oxygens (including phenoxy) is 2. The second kappa shape index (κ2) is 13.6. The molecule has 2 aliphatic carbocycles. The van der Waals surface area contributed by atoms with E-state index in [1.807, 2.05) is 19.1 Å². The average molecular weight is 517 g/mol. The number of halogens is 3. The molecular formula is C32H43F3O2. The molecule has 0 heterocycles. The van der Waals surface area contributed by atoms with Gasteiger partial charge in [0, 0.05) is 6.07 Å². The molecule has 0 N–H and O–H groups in total. The van der Waals surface area contributed by atoms with E-state index < -0.39 is 11.6 Å². The first-order valence-corrected chi connectivity index (χ1v) is 14.5. The molecule has 2 aromatic rings. The van der Waals surface area contributed by atoms with Gasteiger partial charge in [-0.3, -0.25) is 0 Å². The van der Waals surface area contributed by atoms with Crippen molar-refractivity contribution in [2.45, 2.75) is 103 Å². The Morgan fingerprint density at radius 3 is 2.00 bits per heavy atom. The minimum absolute atomic E-state index is 0.00850. The highest BCUT2D eigenvalue weighted by molar-refractivity contribution is 5.34. The van der Waals surface area contributed by atoms with Crippen molar-refractivity contribution in [1.29, 1.82) is 0 Å². The summed E-state index contributed by atoms with van der Waals surface area (Å²) in [5.74, 6) is 0.0239. The van der Waals surface area contributed by atoms with Gasteiger partial charge in [-0.25, -0.2) is 8.78 Å². The first kappa shape index (κ1) is 27.9. The lowest BCUT2D eigenvalue weighted by Crippen LogP contribution is -2.20. The first-order valence-electron chi connectivity index (χ1n) is 14.5. The van der Waals surface area contributed by atoms with Crippen LogP contribution in [0.2, 0.25) is 0 Å². The maximum absolute atomic E-state index is 15.0. The van der Waals surface area contributed by atoms with Gasteiger partial charge in [-0.05, 0) is 105 Å². The fourth-order valence-corrected chi connectivity index (χ4v) is 6.36. The van der Waals surface area contributed by atoms with E-state index in [1.54, 1.807) is 12.1 Å². The van der Waals surface area contributed by atoms with Crippen LogP contribution in [-0.2, 0) is 0 Å². The summed E-state index contributed by atoms with van der Waals surface area (Å²) in [7, 11) is 0. The standard InChI is InChI=1S/C32H43F3O2/c1-3-5-6-7-22-8-12-25(13-9-22)28-18-19-30(32(35)31(28)34)37-21-23-10-14-24(15-11-23)27-17-16-26(36-4-2)20-29(27)33/h16-20,22-25H,3-15,21H2,1-2H3. The molecule has 0 aliphatic heterocycles. The third kappa shape index (κ3) is 7.23. The van der Waals surface area contributed by atoms with E-state index in [9.17, 15) is 8.78 Å². The lowest BCUT2D eigenvalue weighted by atomic mass is 9.77. The molecule has 4 rings (SSSR count). The highest BCUT2D eigenvalue weighted by Crippen LogP contribution is 2.41. The zero-order valence-corrected chi connectivity index (χ0v) is 22.5. The van der Waals surface area contributed by atoms with Crippen LogP contribution in [0.15, 0.2) is 30.3 Å². The Bertz CT molecular complexity index is 992. The molecule has 2 saturated carbocycles. The van der Waals surface area contributed by atoms with Gasteiger partial charge in [-0.2, -0.15) is 4.39 Å². The molecule has 0 unspecified atom stereocenters. The van der Waals surface area contributed by atoms with E-state index in [-0.39, 0.29) is 29.3 Å². The third-order valence-electron chi connectivity index (χ3n) is 8.62. The van der Waals surface area contributed by atoms with Gasteiger partial charge in [0.2, 0.25) is 5.82 Å². The van der Waals surface area contributed by atoms with Crippen molar-refractivity contribution >= 4 is 0 Å². The van der Waals surface area contributed by atoms with Crippen molar-refractivity contribution in [2.24, 2.45) is 11.8 Å². The van der Waals surface area contributed by atoms with Gasteiger partial charge in [-0.15, -0.1) is 0 Å². The summed E-state index contributed by atoms with van der Waals surface area (Å²) < 4.78 is 55.7. The molecule has 0 amide bonds. The van der Waals surface area contributed by atoms with Crippen LogP contribution in [0.4, 0.5) is 13.2 Å². The van der Waals surface area contributed by atoms with Gasteiger partial charge in [-0.1, -0.05) is 44.7 Å². The first-order chi connectivity index (χ1) is 18.0. The van der Waals surface area contributed by atoms with Crippen LogP contribution in [0.1, 0.15) is 114 Å². The van der Waals surface area contributed by atoms with E-state index in [1.165, 1.54) is 31.7 Å². The van der Waals surface area contributed by atoms with Gasteiger partial charge in [0.15, 0.2) is 11.6 Å². The fraction of sp³-hybridized carbons (Fsp3) is 0.625. The van der Waals surface area contributed by atoms with Crippen molar-refractivity contribution in [3.63, 3.8) is 0 Å². The molecule has 0 aromatic heterocycles. The normalized spacial score (nSPS) is 24.1. The van der Waals surface area contributed by atoms with Crippen molar-refractivity contribution in [1.82, 2.24) is 0 Å². The van der Waals surface area contributed by atoms with Gasteiger partial charge >= 0.3 is 0 Å². The Morgan fingerprint density at radius 2 is 1.35 bits per heavy atom. The predicted molar refractivity (Wildman–Crippen MR) is 143 cm³/mol. The van der Waals surface area contributed by atoms with Gasteiger partial charge in [0.1, 0.15) is 11.6 Å². The molecule has 2 aromatic carbocycles.